The number of rotatable bonds is 7. The van der Waals surface area contributed by atoms with E-state index in [0.29, 0.717) is 30.3 Å². The molecule has 2 aromatic carbocycles. The number of piperazine rings is 1. The zero-order valence-electron chi connectivity index (χ0n) is 19.1. The molecular formula is C25H30N2O4S2. The molecule has 6 nitrogen and oxygen atoms in total. The summed E-state index contributed by atoms with van der Waals surface area (Å²) in [4.78, 5) is 2.26. The van der Waals surface area contributed by atoms with Crippen LogP contribution >= 0.6 is 11.3 Å². The van der Waals surface area contributed by atoms with E-state index in [0.717, 1.165) is 22.6 Å². The lowest BCUT2D eigenvalue weighted by atomic mass is 9.97. The normalized spacial score (nSPS) is 17.8. The van der Waals surface area contributed by atoms with Crippen LogP contribution < -0.4 is 9.64 Å². The summed E-state index contributed by atoms with van der Waals surface area (Å²) >= 11 is 1.25. The fraction of sp³-hybridized carbons (Fsp3) is 0.360. The van der Waals surface area contributed by atoms with Gasteiger partial charge in [0, 0.05) is 31.4 Å². The Bertz CT molecular complexity index is 1170. The van der Waals surface area contributed by atoms with Crippen LogP contribution in [0.25, 0.3) is 0 Å². The number of nitrogens with zero attached hydrogens (tertiary/aromatic N) is 2. The van der Waals surface area contributed by atoms with Crippen LogP contribution in [0.15, 0.2) is 70.3 Å². The smallest absolute Gasteiger partial charge is 0.252 e. The molecular weight excluding hydrogens is 456 g/mol. The predicted molar refractivity (Wildman–Crippen MR) is 133 cm³/mol. The first-order valence-electron chi connectivity index (χ1n) is 11.0. The van der Waals surface area contributed by atoms with Crippen LogP contribution in [0.1, 0.15) is 25.0 Å². The van der Waals surface area contributed by atoms with E-state index in [1.165, 1.54) is 11.3 Å². The number of hydrogen-bond donors (Lipinski definition) is 1. The number of ether oxygens (including phenoxy) is 1. The molecule has 1 aromatic heterocycles. The number of anilines is 1. The quantitative estimate of drug-likeness (QED) is 0.544. The minimum atomic E-state index is -3.53. The van der Waals surface area contributed by atoms with Crippen molar-refractivity contribution in [1.82, 2.24) is 4.31 Å². The maximum absolute atomic E-state index is 13.2. The fourth-order valence-corrected chi connectivity index (χ4v) is 6.90. The fourth-order valence-electron chi connectivity index (χ4n) is 4.28. The van der Waals surface area contributed by atoms with E-state index < -0.39 is 15.6 Å². The van der Waals surface area contributed by atoms with Gasteiger partial charge >= 0.3 is 0 Å². The van der Waals surface area contributed by atoms with E-state index in [1.54, 1.807) is 42.8 Å². The summed E-state index contributed by atoms with van der Waals surface area (Å²) in [6.07, 6.45) is 0.647. The maximum atomic E-state index is 13.2. The van der Waals surface area contributed by atoms with Crippen molar-refractivity contribution in [3.63, 3.8) is 0 Å². The molecule has 33 heavy (non-hydrogen) atoms. The highest BCUT2D eigenvalue weighted by atomic mass is 32.2. The molecule has 0 amide bonds. The number of methoxy groups -OCH3 is 1. The molecule has 0 radical (unpaired) electrons. The minimum Gasteiger partial charge on any atom is -0.496 e. The Kier molecular flexibility index (Phi) is 6.81. The lowest BCUT2D eigenvalue weighted by Crippen LogP contribution is -2.55. The van der Waals surface area contributed by atoms with Gasteiger partial charge < -0.3 is 14.7 Å². The molecule has 176 valence electrons. The summed E-state index contributed by atoms with van der Waals surface area (Å²) < 4.78 is 34.0. The molecule has 8 heteroatoms. The van der Waals surface area contributed by atoms with Gasteiger partial charge in [-0.2, -0.15) is 4.31 Å². The zero-order chi connectivity index (χ0) is 23.6. The number of thiophene rings is 1. The van der Waals surface area contributed by atoms with Crippen LogP contribution in [-0.2, 0) is 22.0 Å². The Morgan fingerprint density at radius 1 is 1.06 bits per heavy atom. The third kappa shape index (κ3) is 5.09. The molecule has 0 aliphatic carbocycles. The molecule has 0 unspecified atom stereocenters. The van der Waals surface area contributed by atoms with Crippen molar-refractivity contribution in [2.24, 2.45) is 0 Å². The van der Waals surface area contributed by atoms with Crippen LogP contribution in [-0.4, -0.2) is 50.6 Å². The third-order valence-corrected chi connectivity index (χ3v) is 9.33. The van der Waals surface area contributed by atoms with Gasteiger partial charge in [-0.25, -0.2) is 8.42 Å². The molecule has 1 aliphatic rings. The number of aliphatic hydroxyl groups is 1. The van der Waals surface area contributed by atoms with E-state index in [2.05, 4.69) is 4.90 Å². The highest BCUT2D eigenvalue weighted by Crippen LogP contribution is 2.31. The van der Waals surface area contributed by atoms with Gasteiger partial charge in [-0.15, -0.1) is 11.3 Å². The van der Waals surface area contributed by atoms with E-state index >= 15 is 0 Å². The molecule has 1 saturated heterocycles. The Balaban J connectivity index is 1.66. The van der Waals surface area contributed by atoms with Crippen molar-refractivity contribution in [3.8, 4) is 5.75 Å². The summed E-state index contributed by atoms with van der Waals surface area (Å²) in [6.45, 7) is 4.90. The third-order valence-electron chi connectivity index (χ3n) is 6.09. The number of hydrogen-bond acceptors (Lipinski definition) is 6. The first kappa shape index (κ1) is 23.8. The Hall–Kier alpha value is -2.39. The minimum absolute atomic E-state index is 0.0715. The number of para-hydroxylation sites is 1. The maximum Gasteiger partial charge on any atom is 0.252 e. The van der Waals surface area contributed by atoms with Gasteiger partial charge in [-0.1, -0.05) is 36.4 Å². The molecule has 4 rings (SSSR count). The lowest BCUT2D eigenvalue weighted by molar-refractivity contribution is 0.0786. The van der Waals surface area contributed by atoms with Gasteiger partial charge in [0.05, 0.1) is 12.7 Å². The van der Waals surface area contributed by atoms with Crippen molar-refractivity contribution < 1.29 is 18.3 Å². The van der Waals surface area contributed by atoms with Crippen molar-refractivity contribution in [1.29, 1.82) is 0 Å². The predicted octanol–water partition coefficient (Wildman–Crippen LogP) is 4.11. The molecule has 1 fully saturated rings. The van der Waals surface area contributed by atoms with Crippen LogP contribution in [0.4, 0.5) is 5.69 Å². The second-order valence-electron chi connectivity index (χ2n) is 8.76. The van der Waals surface area contributed by atoms with E-state index in [9.17, 15) is 13.5 Å². The summed E-state index contributed by atoms with van der Waals surface area (Å²) in [5, 5.41) is 12.1. The van der Waals surface area contributed by atoms with Crippen molar-refractivity contribution in [2.45, 2.75) is 36.1 Å². The van der Waals surface area contributed by atoms with Crippen LogP contribution in [0.2, 0.25) is 0 Å². The summed E-state index contributed by atoms with van der Waals surface area (Å²) in [6, 6.07) is 19.1. The zero-order valence-corrected chi connectivity index (χ0v) is 20.8. The van der Waals surface area contributed by atoms with Gasteiger partial charge in [0.1, 0.15) is 9.96 Å². The Labute approximate surface area is 200 Å². The van der Waals surface area contributed by atoms with Crippen LogP contribution in [0.5, 0.6) is 5.75 Å². The van der Waals surface area contributed by atoms with Gasteiger partial charge in [-0.05, 0) is 61.0 Å². The standard InChI is InChI=1S/C25H30N2O4S2/c1-25(2,28)20-10-12-21(13-11-20)27-15-14-26(33(29,30)24-9-6-16-32-24)18-22(27)17-19-7-4-5-8-23(19)31-3/h4-13,16,22,28H,14-15,17-18H2,1-3H3/t22-/m1/s1. The molecule has 0 spiro atoms. The average Bonchev–Trinajstić information content (AvgIpc) is 3.35. The number of benzene rings is 2. The van der Waals surface area contributed by atoms with Crippen molar-refractivity contribution >= 4 is 27.0 Å². The summed E-state index contributed by atoms with van der Waals surface area (Å²) in [5.74, 6) is 0.799. The van der Waals surface area contributed by atoms with Crippen molar-refractivity contribution in [3.05, 3.63) is 77.2 Å². The SMILES string of the molecule is COc1ccccc1C[C@@H]1CN(S(=O)(=O)c2cccs2)CCN1c1ccc(C(C)(C)O)cc1. The van der Waals surface area contributed by atoms with Crippen LogP contribution in [0, 0.1) is 0 Å². The molecule has 0 bridgehead atoms. The van der Waals surface area contributed by atoms with Gasteiger partial charge in [-0.3, -0.25) is 0 Å². The summed E-state index contributed by atoms with van der Waals surface area (Å²) in [7, 11) is -1.88. The lowest BCUT2D eigenvalue weighted by Gasteiger charge is -2.42. The molecule has 2 heterocycles. The van der Waals surface area contributed by atoms with Crippen LogP contribution in [0.3, 0.4) is 0 Å². The first-order valence-corrected chi connectivity index (χ1v) is 13.3. The topological polar surface area (TPSA) is 70.1 Å². The van der Waals surface area contributed by atoms with E-state index in [4.69, 9.17) is 4.74 Å². The van der Waals surface area contributed by atoms with Gasteiger partial charge in [0.25, 0.3) is 10.0 Å². The Morgan fingerprint density at radius 3 is 2.42 bits per heavy atom. The van der Waals surface area contributed by atoms with Gasteiger partial charge in [0.2, 0.25) is 0 Å². The highest BCUT2D eigenvalue weighted by molar-refractivity contribution is 7.91. The highest BCUT2D eigenvalue weighted by Gasteiger charge is 2.35. The molecule has 1 N–H and O–H groups in total. The average molecular weight is 487 g/mol. The first-order chi connectivity index (χ1) is 15.7. The Morgan fingerprint density at radius 2 is 1.79 bits per heavy atom. The summed E-state index contributed by atoms with van der Waals surface area (Å²) in [5.41, 5.74) is 1.98. The second-order valence-corrected chi connectivity index (χ2v) is 11.9. The monoisotopic (exact) mass is 486 g/mol. The number of sulfonamides is 1. The molecule has 1 atom stereocenters. The van der Waals surface area contributed by atoms with E-state index in [-0.39, 0.29) is 6.04 Å². The van der Waals surface area contributed by atoms with E-state index in [1.807, 2.05) is 48.5 Å². The molecule has 0 saturated carbocycles. The molecule has 3 aromatic rings. The van der Waals surface area contributed by atoms with Crippen molar-refractivity contribution in [2.75, 3.05) is 31.6 Å². The molecule has 1 aliphatic heterocycles. The van der Waals surface area contributed by atoms with Gasteiger partial charge in [0.15, 0.2) is 0 Å². The second kappa shape index (κ2) is 9.46. The largest absolute Gasteiger partial charge is 0.496 e.